The summed E-state index contributed by atoms with van der Waals surface area (Å²) in [5, 5.41) is 2.96. The van der Waals surface area contributed by atoms with Crippen molar-refractivity contribution >= 4 is 5.91 Å². The highest BCUT2D eigenvalue weighted by Crippen LogP contribution is 2.14. The van der Waals surface area contributed by atoms with Crippen molar-refractivity contribution in [2.45, 2.75) is 12.6 Å². The van der Waals surface area contributed by atoms with Gasteiger partial charge in [0.15, 0.2) is 6.17 Å². The second-order valence-electron chi connectivity index (χ2n) is 2.56. The molecule has 1 amide bonds. The fourth-order valence-electron chi connectivity index (χ4n) is 1.16. The van der Waals surface area contributed by atoms with Crippen LogP contribution in [0.15, 0.2) is 0 Å². The molecule has 1 fully saturated rings. The largest absolute Gasteiger partial charge is 0.367 e. The van der Waals surface area contributed by atoms with Gasteiger partial charge in [-0.15, -0.1) is 0 Å². The minimum atomic E-state index is -1.46. The summed E-state index contributed by atoms with van der Waals surface area (Å²) in [7, 11) is 0. The Balaban J connectivity index is 2.39. The fourth-order valence-corrected chi connectivity index (χ4v) is 1.16. The maximum absolute atomic E-state index is 12.7. The molecule has 0 spiro atoms. The molecule has 0 aromatic rings. The lowest BCUT2D eigenvalue weighted by atomic mass is 10.0. The average Bonchev–Trinajstić information content (AvgIpc) is 2.36. The first-order chi connectivity index (χ1) is 4.72. The number of alkyl halides is 1. The van der Waals surface area contributed by atoms with Crippen LogP contribution in [-0.4, -0.2) is 25.2 Å². The predicted octanol–water partition coefficient (Wildman–Crippen LogP) is -0.581. The van der Waals surface area contributed by atoms with E-state index in [0.29, 0.717) is 13.0 Å². The monoisotopic (exact) mass is 146 g/mol. The number of nitrogens with one attached hydrogen (secondary N) is 1. The molecule has 0 saturated carbocycles. The van der Waals surface area contributed by atoms with Gasteiger partial charge in [0.05, 0.1) is 0 Å². The van der Waals surface area contributed by atoms with Crippen molar-refractivity contribution in [1.29, 1.82) is 0 Å². The number of primary amides is 1. The van der Waals surface area contributed by atoms with Crippen LogP contribution in [0.3, 0.4) is 0 Å². The highest BCUT2D eigenvalue weighted by molar-refractivity contribution is 5.79. The molecule has 3 nitrogen and oxygen atoms in total. The van der Waals surface area contributed by atoms with E-state index in [0.717, 1.165) is 6.54 Å². The van der Waals surface area contributed by atoms with Gasteiger partial charge in [-0.3, -0.25) is 4.79 Å². The van der Waals surface area contributed by atoms with Crippen LogP contribution < -0.4 is 11.1 Å². The third-order valence-corrected chi connectivity index (χ3v) is 1.78. The van der Waals surface area contributed by atoms with Crippen molar-refractivity contribution in [1.82, 2.24) is 5.32 Å². The molecule has 2 atom stereocenters. The quantitative estimate of drug-likeness (QED) is 0.547. The van der Waals surface area contributed by atoms with Crippen LogP contribution in [0.2, 0.25) is 0 Å². The SMILES string of the molecule is NC(=O)C(F)C1CCNC1. The van der Waals surface area contributed by atoms with Gasteiger partial charge in [0.1, 0.15) is 0 Å². The van der Waals surface area contributed by atoms with E-state index in [9.17, 15) is 9.18 Å². The van der Waals surface area contributed by atoms with Crippen molar-refractivity contribution in [2.75, 3.05) is 13.1 Å². The Bertz CT molecular complexity index is 134. The smallest absolute Gasteiger partial charge is 0.252 e. The van der Waals surface area contributed by atoms with Crippen LogP contribution in [0.4, 0.5) is 4.39 Å². The number of amides is 1. The molecule has 1 heterocycles. The highest BCUT2D eigenvalue weighted by atomic mass is 19.1. The molecule has 2 unspecified atom stereocenters. The third kappa shape index (κ3) is 1.44. The van der Waals surface area contributed by atoms with Gasteiger partial charge in [0, 0.05) is 12.5 Å². The lowest BCUT2D eigenvalue weighted by Crippen LogP contribution is -2.32. The highest BCUT2D eigenvalue weighted by Gasteiger charge is 2.28. The summed E-state index contributed by atoms with van der Waals surface area (Å²) in [6.07, 6.45) is -0.751. The van der Waals surface area contributed by atoms with E-state index in [2.05, 4.69) is 5.32 Å². The summed E-state index contributed by atoms with van der Waals surface area (Å²) in [5.74, 6) is -1.04. The molecule has 10 heavy (non-hydrogen) atoms. The van der Waals surface area contributed by atoms with Gasteiger partial charge >= 0.3 is 0 Å². The molecule has 58 valence electrons. The van der Waals surface area contributed by atoms with Crippen LogP contribution in [-0.2, 0) is 4.79 Å². The van der Waals surface area contributed by atoms with E-state index in [-0.39, 0.29) is 5.92 Å². The summed E-state index contributed by atoms with van der Waals surface area (Å²) >= 11 is 0. The van der Waals surface area contributed by atoms with Crippen molar-refractivity contribution in [3.05, 3.63) is 0 Å². The van der Waals surface area contributed by atoms with Crippen molar-refractivity contribution < 1.29 is 9.18 Å². The summed E-state index contributed by atoms with van der Waals surface area (Å²) in [6.45, 7) is 1.36. The van der Waals surface area contributed by atoms with Gasteiger partial charge in [-0.05, 0) is 13.0 Å². The number of nitrogens with two attached hydrogens (primary N) is 1. The van der Waals surface area contributed by atoms with Gasteiger partial charge in [0.2, 0.25) is 0 Å². The van der Waals surface area contributed by atoms with E-state index in [1.165, 1.54) is 0 Å². The van der Waals surface area contributed by atoms with Gasteiger partial charge in [-0.2, -0.15) is 0 Å². The molecule has 3 N–H and O–H groups in total. The zero-order valence-corrected chi connectivity index (χ0v) is 5.64. The minimum absolute atomic E-state index is 0.197. The Kier molecular flexibility index (Phi) is 2.21. The maximum Gasteiger partial charge on any atom is 0.252 e. The summed E-state index contributed by atoms with van der Waals surface area (Å²) in [5.41, 5.74) is 4.77. The van der Waals surface area contributed by atoms with E-state index in [1.807, 2.05) is 0 Å². The number of carbonyl (C=O) groups is 1. The number of rotatable bonds is 2. The molecule has 0 radical (unpaired) electrons. The van der Waals surface area contributed by atoms with E-state index >= 15 is 0 Å². The van der Waals surface area contributed by atoms with Crippen molar-refractivity contribution in [3.8, 4) is 0 Å². The molecule has 0 aromatic heterocycles. The summed E-state index contributed by atoms with van der Waals surface area (Å²) in [4.78, 5) is 10.3. The van der Waals surface area contributed by atoms with Crippen LogP contribution in [0.25, 0.3) is 0 Å². The van der Waals surface area contributed by atoms with Crippen molar-refractivity contribution in [3.63, 3.8) is 0 Å². The molecule has 0 aromatic carbocycles. The van der Waals surface area contributed by atoms with Crippen LogP contribution in [0.1, 0.15) is 6.42 Å². The van der Waals surface area contributed by atoms with E-state index in [4.69, 9.17) is 5.73 Å². The molecule has 1 aliphatic rings. The van der Waals surface area contributed by atoms with Crippen LogP contribution in [0.5, 0.6) is 0 Å². The first-order valence-corrected chi connectivity index (χ1v) is 3.36. The Morgan fingerprint density at radius 3 is 2.90 bits per heavy atom. The average molecular weight is 146 g/mol. The predicted molar refractivity (Wildman–Crippen MR) is 35.1 cm³/mol. The zero-order valence-electron chi connectivity index (χ0n) is 5.64. The topological polar surface area (TPSA) is 55.1 Å². The maximum atomic E-state index is 12.7. The van der Waals surface area contributed by atoms with Crippen LogP contribution in [0, 0.1) is 5.92 Å². The number of carbonyl (C=O) groups excluding carboxylic acids is 1. The van der Waals surface area contributed by atoms with Crippen molar-refractivity contribution in [2.24, 2.45) is 11.7 Å². The Labute approximate surface area is 58.8 Å². The second-order valence-corrected chi connectivity index (χ2v) is 2.56. The molecular formula is C6H11FN2O. The van der Waals surface area contributed by atoms with E-state index < -0.39 is 12.1 Å². The standard InChI is InChI=1S/C6H11FN2O/c7-5(6(8)10)4-1-2-9-3-4/h4-5,9H,1-3H2,(H2,8,10). The zero-order chi connectivity index (χ0) is 7.56. The lowest BCUT2D eigenvalue weighted by molar-refractivity contribution is -0.124. The first kappa shape index (κ1) is 7.47. The van der Waals surface area contributed by atoms with Gasteiger partial charge in [-0.1, -0.05) is 0 Å². The fraction of sp³-hybridized carbons (Fsp3) is 0.833. The van der Waals surface area contributed by atoms with Gasteiger partial charge in [0.25, 0.3) is 5.91 Å². The molecule has 0 aliphatic carbocycles. The number of hydrogen-bond acceptors (Lipinski definition) is 2. The molecule has 4 heteroatoms. The minimum Gasteiger partial charge on any atom is -0.367 e. The molecular weight excluding hydrogens is 135 g/mol. The summed E-state index contributed by atoms with van der Waals surface area (Å²) < 4.78 is 12.7. The normalized spacial score (nSPS) is 28.3. The van der Waals surface area contributed by atoms with Crippen LogP contribution >= 0.6 is 0 Å². The van der Waals surface area contributed by atoms with Gasteiger partial charge in [-0.25, -0.2) is 4.39 Å². The van der Waals surface area contributed by atoms with E-state index in [1.54, 1.807) is 0 Å². The third-order valence-electron chi connectivity index (χ3n) is 1.78. The lowest BCUT2D eigenvalue weighted by Gasteiger charge is -2.09. The number of hydrogen-bond donors (Lipinski definition) is 2. The molecule has 0 bridgehead atoms. The summed E-state index contributed by atoms with van der Waals surface area (Å²) in [6, 6.07) is 0. The Morgan fingerprint density at radius 2 is 2.50 bits per heavy atom. The second kappa shape index (κ2) is 2.96. The Morgan fingerprint density at radius 1 is 1.80 bits per heavy atom. The molecule has 1 rings (SSSR count). The molecule has 1 aliphatic heterocycles. The Hall–Kier alpha value is -0.640. The van der Waals surface area contributed by atoms with Gasteiger partial charge < -0.3 is 11.1 Å². The number of halogens is 1. The first-order valence-electron chi connectivity index (χ1n) is 3.36. The molecule has 1 saturated heterocycles.